The second-order valence-corrected chi connectivity index (χ2v) is 16.1. The molecule has 7 aromatic rings. The van der Waals surface area contributed by atoms with Crippen LogP contribution in [0.25, 0.3) is 44.3 Å². The summed E-state index contributed by atoms with van der Waals surface area (Å²) in [6.45, 7) is 20.2. The molecule has 0 fully saturated rings. The molecular formula is C43H45N4OPt-. The van der Waals surface area contributed by atoms with Crippen LogP contribution >= 0.6 is 0 Å². The van der Waals surface area contributed by atoms with Crippen molar-refractivity contribution in [1.29, 1.82) is 0 Å². The van der Waals surface area contributed by atoms with Crippen molar-refractivity contribution in [2.24, 2.45) is 7.05 Å². The van der Waals surface area contributed by atoms with Gasteiger partial charge in [0.05, 0.1) is 0 Å². The quantitative estimate of drug-likeness (QED) is 0.166. The van der Waals surface area contributed by atoms with Gasteiger partial charge in [0.25, 0.3) is 0 Å². The summed E-state index contributed by atoms with van der Waals surface area (Å²) in [5, 5.41) is 2.35. The molecule has 0 radical (unpaired) electrons. The van der Waals surface area contributed by atoms with Crippen LogP contribution in [0.3, 0.4) is 0 Å². The monoisotopic (exact) mass is 828 g/mol. The van der Waals surface area contributed by atoms with Crippen LogP contribution in [0.1, 0.15) is 79.0 Å². The third-order valence-electron chi connectivity index (χ3n) is 9.31. The minimum absolute atomic E-state index is 0. The number of ether oxygens (including phenoxy) is 1. The molecular weight excluding hydrogens is 784 g/mol. The van der Waals surface area contributed by atoms with Crippen molar-refractivity contribution in [3.05, 3.63) is 120 Å². The molecule has 3 aromatic heterocycles. The molecule has 49 heavy (non-hydrogen) atoms. The number of hydrogen-bond donors (Lipinski definition) is 0. The molecule has 0 saturated carbocycles. The number of hydrogen-bond acceptors (Lipinski definition) is 2. The van der Waals surface area contributed by atoms with Crippen molar-refractivity contribution >= 4 is 32.8 Å². The normalized spacial score (nSPS) is 12.5. The Morgan fingerprint density at radius 3 is 2.06 bits per heavy atom. The fraction of sp³-hybridized carbons (Fsp3) is 0.302. The molecule has 7 rings (SSSR count). The molecule has 0 aliphatic carbocycles. The minimum atomic E-state index is -0.0969. The molecule has 0 aliphatic rings. The first-order valence-electron chi connectivity index (χ1n) is 16.8. The molecule has 0 saturated heterocycles. The van der Waals surface area contributed by atoms with Crippen molar-refractivity contribution in [3.63, 3.8) is 0 Å². The Morgan fingerprint density at radius 2 is 1.37 bits per heavy atom. The van der Waals surface area contributed by atoms with E-state index in [9.17, 15) is 0 Å². The van der Waals surface area contributed by atoms with Crippen molar-refractivity contribution in [3.8, 4) is 23.0 Å². The first kappa shape index (κ1) is 34.6. The van der Waals surface area contributed by atoms with Crippen molar-refractivity contribution in [2.75, 3.05) is 0 Å². The number of aromatic nitrogens is 4. The fourth-order valence-corrected chi connectivity index (χ4v) is 6.62. The summed E-state index contributed by atoms with van der Waals surface area (Å²) < 4.78 is 13.3. The maximum atomic E-state index is 6.70. The molecule has 0 N–H and O–H groups in total. The van der Waals surface area contributed by atoms with E-state index in [0.717, 1.165) is 39.0 Å². The molecule has 0 spiro atoms. The number of imidazole rings is 1. The Bertz CT molecular complexity index is 2340. The molecule has 254 valence electrons. The zero-order valence-corrected chi connectivity index (χ0v) is 32.4. The van der Waals surface area contributed by atoms with E-state index in [1.807, 2.05) is 12.3 Å². The molecule has 3 heterocycles. The van der Waals surface area contributed by atoms with Crippen LogP contribution < -0.4 is 4.74 Å². The van der Waals surface area contributed by atoms with Gasteiger partial charge in [-0.15, -0.1) is 29.1 Å². The Labute approximate surface area is 304 Å². The van der Waals surface area contributed by atoms with Crippen molar-refractivity contribution in [1.82, 2.24) is 18.7 Å². The summed E-state index contributed by atoms with van der Waals surface area (Å²) in [4.78, 5) is 4.90. The third kappa shape index (κ3) is 6.34. The van der Waals surface area contributed by atoms with Gasteiger partial charge in [-0.05, 0) is 63.1 Å². The van der Waals surface area contributed by atoms with Gasteiger partial charge in [-0.25, -0.2) is 14.1 Å². The smallest absolute Gasteiger partial charge is 0.188 e. The minimum Gasteiger partial charge on any atom is -0.508 e. The number of benzene rings is 4. The van der Waals surface area contributed by atoms with Crippen LogP contribution in [0.2, 0.25) is 0 Å². The maximum Gasteiger partial charge on any atom is 0.188 e. The van der Waals surface area contributed by atoms with Gasteiger partial charge in [-0.1, -0.05) is 92.1 Å². The first-order valence-corrected chi connectivity index (χ1v) is 16.8. The molecule has 0 atom stereocenters. The molecule has 5 nitrogen and oxygen atoms in total. The zero-order chi connectivity index (χ0) is 34.2. The van der Waals surface area contributed by atoms with Gasteiger partial charge >= 0.3 is 0 Å². The van der Waals surface area contributed by atoms with Crippen LogP contribution in [0.5, 0.6) is 11.5 Å². The second kappa shape index (κ2) is 12.3. The number of fused-ring (bicyclic) bond motifs is 4. The number of nitrogens with zero attached hydrogens (tertiary/aromatic N) is 4. The third-order valence-corrected chi connectivity index (χ3v) is 9.31. The number of para-hydroxylation sites is 2. The van der Waals surface area contributed by atoms with Crippen LogP contribution in [0, 0.1) is 12.1 Å². The van der Waals surface area contributed by atoms with Gasteiger partial charge in [-0.3, -0.25) is 0 Å². The van der Waals surface area contributed by atoms with E-state index in [1.54, 1.807) is 0 Å². The van der Waals surface area contributed by atoms with Crippen molar-refractivity contribution < 1.29 is 25.8 Å². The number of pyridine rings is 1. The van der Waals surface area contributed by atoms with Gasteiger partial charge in [-0.2, -0.15) is 6.07 Å². The van der Waals surface area contributed by atoms with E-state index in [2.05, 4.69) is 174 Å². The summed E-state index contributed by atoms with van der Waals surface area (Å²) in [6, 6.07) is 35.1. The van der Waals surface area contributed by atoms with Gasteiger partial charge in [0.1, 0.15) is 5.82 Å². The van der Waals surface area contributed by atoms with E-state index >= 15 is 0 Å². The van der Waals surface area contributed by atoms with Gasteiger partial charge in [0, 0.05) is 69.1 Å². The standard InChI is InChI=1S/C43H45N4O.Pt/c1-41(2,3)28-20-21-44-39(24-28)47-37-17-13-14-34(43(7,8)9)40(37)33-19-18-31(26-38(33)47)48-32-23-29(42(4,5)6)22-30(25-32)46-27-45(10)35-15-11-12-16-36(35)46;/h11-24,27H,1-10H3;/q-1;. The van der Waals surface area contributed by atoms with Crippen molar-refractivity contribution in [2.45, 2.75) is 78.6 Å². The summed E-state index contributed by atoms with van der Waals surface area (Å²) in [5.41, 5.74) is 8.78. The predicted molar refractivity (Wildman–Crippen MR) is 199 cm³/mol. The average molecular weight is 829 g/mol. The van der Waals surface area contributed by atoms with Crippen LogP contribution in [0.4, 0.5) is 0 Å². The number of aryl methyl sites for hydroxylation is 1. The fourth-order valence-electron chi connectivity index (χ4n) is 6.62. The van der Waals surface area contributed by atoms with E-state index in [1.165, 1.54) is 22.1 Å². The Kier molecular flexibility index (Phi) is 8.68. The van der Waals surface area contributed by atoms with E-state index < -0.39 is 0 Å². The predicted octanol–water partition coefficient (Wildman–Crippen LogP) is 11.0. The SMILES string of the molecule is Cn1[cH+]n(-c2[c-]c(Oc3[c-]c4c(cc3)c3c(C(C)(C)C)cccc3n4-c3cc(C(C)(C)C)ccn3)cc(C(C)(C)C)c2)c2ccccc21.[Pt]. The van der Waals surface area contributed by atoms with Gasteiger partial charge in [0.2, 0.25) is 0 Å². The average Bonchev–Trinajstić information content (AvgIpc) is 3.54. The molecule has 0 aliphatic heterocycles. The first-order chi connectivity index (χ1) is 22.6. The van der Waals surface area contributed by atoms with E-state index in [-0.39, 0.29) is 37.3 Å². The van der Waals surface area contributed by atoms with E-state index in [4.69, 9.17) is 9.72 Å². The van der Waals surface area contributed by atoms with Crippen LogP contribution in [-0.2, 0) is 44.4 Å². The molecule has 0 bridgehead atoms. The number of rotatable bonds is 4. The molecule has 6 heteroatoms. The summed E-state index contributed by atoms with van der Waals surface area (Å²) in [5.74, 6) is 2.16. The van der Waals surface area contributed by atoms with Gasteiger partial charge < -0.3 is 9.30 Å². The molecule has 4 aromatic carbocycles. The van der Waals surface area contributed by atoms with Gasteiger partial charge in [0.15, 0.2) is 17.4 Å². The largest absolute Gasteiger partial charge is 0.508 e. The molecule has 0 unspecified atom stereocenters. The summed E-state index contributed by atoms with van der Waals surface area (Å²) in [6.07, 6.45) is 4.02. The summed E-state index contributed by atoms with van der Waals surface area (Å²) in [7, 11) is 2.07. The molecule has 0 amide bonds. The zero-order valence-electron chi connectivity index (χ0n) is 30.2. The Hall–Kier alpha value is -4.21. The Balaban J connectivity index is 0.00000417. The Morgan fingerprint density at radius 1 is 0.673 bits per heavy atom. The second-order valence-electron chi connectivity index (χ2n) is 16.1. The van der Waals surface area contributed by atoms with Crippen LogP contribution in [-0.4, -0.2) is 18.7 Å². The maximum absolute atomic E-state index is 6.70. The topological polar surface area (TPSA) is 36.9 Å². The summed E-state index contributed by atoms with van der Waals surface area (Å²) >= 11 is 0. The van der Waals surface area contributed by atoms with E-state index in [0.29, 0.717) is 11.5 Å². The van der Waals surface area contributed by atoms with Crippen LogP contribution in [0.15, 0.2) is 91.4 Å².